The Bertz CT molecular complexity index is 385. The van der Waals surface area contributed by atoms with E-state index in [1.54, 1.807) is 0 Å². The second kappa shape index (κ2) is 6.40. The minimum atomic E-state index is 0.539. The highest BCUT2D eigenvalue weighted by atomic mass is 15.3. The van der Waals surface area contributed by atoms with E-state index >= 15 is 0 Å². The predicted molar refractivity (Wildman–Crippen MR) is 82.7 cm³/mol. The van der Waals surface area contributed by atoms with Gasteiger partial charge in [-0.15, -0.1) is 0 Å². The molecule has 0 radical (unpaired) electrons. The molecule has 106 valence electrons. The number of nitrogens with one attached hydrogen (secondary N) is 1. The van der Waals surface area contributed by atoms with Gasteiger partial charge in [0, 0.05) is 44.0 Å². The molecule has 0 bridgehead atoms. The Morgan fingerprint density at radius 2 is 1.89 bits per heavy atom. The lowest BCUT2D eigenvalue weighted by Crippen LogP contribution is -2.50. The minimum Gasteiger partial charge on any atom is -0.366 e. The van der Waals surface area contributed by atoms with Gasteiger partial charge in [-0.3, -0.25) is 0 Å². The summed E-state index contributed by atoms with van der Waals surface area (Å²) in [5.41, 5.74) is 2.72. The van der Waals surface area contributed by atoms with Crippen LogP contribution in [0.5, 0.6) is 0 Å². The van der Waals surface area contributed by atoms with E-state index in [9.17, 15) is 0 Å². The molecule has 3 nitrogen and oxygen atoms in total. The van der Waals surface area contributed by atoms with Crippen LogP contribution in [0.15, 0.2) is 24.3 Å². The number of piperazine rings is 1. The molecule has 19 heavy (non-hydrogen) atoms. The van der Waals surface area contributed by atoms with Crippen molar-refractivity contribution in [1.29, 1.82) is 0 Å². The molecule has 1 N–H and O–H groups in total. The monoisotopic (exact) mass is 261 g/mol. The van der Waals surface area contributed by atoms with Crippen molar-refractivity contribution in [2.75, 3.05) is 31.6 Å². The molecule has 1 aromatic rings. The second-order valence-corrected chi connectivity index (χ2v) is 6.01. The highest BCUT2D eigenvalue weighted by molar-refractivity contribution is 5.49. The van der Waals surface area contributed by atoms with Crippen LogP contribution in [-0.2, 0) is 6.54 Å². The maximum atomic E-state index is 3.46. The number of likely N-dealkylation sites (N-methyl/N-ethyl adjacent to an activating group) is 1. The molecule has 3 heteroatoms. The SMILES string of the molecule is CC(C)NCc1ccc(N2CCN(C)CC2C)cc1. The zero-order chi connectivity index (χ0) is 13.8. The Kier molecular flexibility index (Phi) is 4.83. The number of anilines is 1. The highest BCUT2D eigenvalue weighted by Crippen LogP contribution is 2.20. The molecule has 0 aliphatic carbocycles. The van der Waals surface area contributed by atoms with Crippen LogP contribution in [0, 0.1) is 0 Å². The Hall–Kier alpha value is -1.06. The number of benzene rings is 1. The average molecular weight is 261 g/mol. The Morgan fingerprint density at radius 3 is 2.47 bits per heavy atom. The minimum absolute atomic E-state index is 0.539. The molecular formula is C16H27N3. The van der Waals surface area contributed by atoms with E-state index in [0.29, 0.717) is 12.1 Å². The zero-order valence-corrected chi connectivity index (χ0v) is 12.7. The summed E-state index contributed by atoms with van der Waals surface area (Å²) < 4.78 is 0. The van der Waals surface area contributed by atoms with Crippen LogP contribution in [0.2, 0.25) is 0 Å². The summed E-state index contributed by atoms with van der Waals surface area (Å²) in [6.45, 7) is 11.1. The highest BCUT2D eigenvalue weighted by Gasteiger charge is 2.21. The molecule has 0 amide bonds. The second-order valence-electron chi connectivity index (χ2n) is 6.01. The Morgan fingerprint density at radius 1 is 1.21 bits per heavy atom. The van der Waals surface area contributed by atoms with Gasteiger partial charge in [-0.2, -0.15) is 0 Å². The number of hydrogen-bond acceptors (Lipinski definition) is 3. The van der Waals surface area contributed by atoms with Gasteiger partial charge in [-0.05, 0) is 31.7 Å². The van der Waals surface area contributed by atoms with E-state index in [1.165, 1.54) is 11.3 Å². The fraction of sp³-hybridized carbons (Fsp3) is 0.625. The third-order valence-corrected chi connectivity index (χ3v) is 3.81. The predicted octanol–water partition coefficient (Wildman–Crippen LogP) is 2.32. The molecule has 1 unspecified atom stereocenters. The van der Waals surface area contributed by atoms with Gasteiger partial charge < -0.3 is 15.1 Å². The summed E-state index contributed by atoms with van der Waals surface area (Å²) in [5.74, 6) is 0. The third-order valence-electron chi connectivity index (χ3n) is 3.81. The summed E-state index contributed by atoms with van der Waals surface area (Å²) in [5, 5.41) is 3.46. The van der Waals surface area contributed by atoms with Gasteiger partial charge >= 0.3 is 0 Å². The van der Waals surface area contributed by atoms with Crippen molar-refractivity contribution in [2.45, 2.75) is 39.4 Å². The van der Waals surface area contributed by atoms with E-state index < -0.39 is 0 Å². The van der Waals surface area contributed by atoms with Gasteiger partial charge in [0.15, 0.2) is 0 Å². The maximum Gasteiger partial charge on any atom is 0.0389 e. The van der Waals surface area contributed by atoms with E-state index in [4.69, 9.17) is 0 Å². The van der Waals surface area contributed by atoms with Crippen LogP contribution in [0.4, 0.5) is 5.69 Å². The van der Waals surface area contributed by atoms with Crippen molar-refractivity contribution >= 4 is 5.69 Å². The Labute approximate surface area is 117 Å². The average Bonchev–Trinajstić information content (AvgIpc) is 2.37. The summed E-state index contributed by atoms with van der Waals surface area (Å²) in [7, 11) is 2.20. The van der Waals surface area contributed by atoms with E-state index in [0.717, 1.165) is 26.2 Å². The molecule has 1 aliphatic heterocycles. The van der Waals surface area contributed by atoms with Crippen molar-refractivity contribution in [1.82, 2.24) is 10.2 Å². The van der Waals surface area contributed by atoms with Gasteiger partial charge in [-0.1, -0.05) is 26.0 Å². The van der Waals surface area contributed by atoms with Crippen LogP contribution in [0.1, 0.15) is 26.3 Å². The van der Waals surface area contributed by atoms with E-state index in [1.807, 2.05) is 0 Å². The van der Waals surface area contributed by atoms with Crippen molar-refractivity contribution < 1.29 is 0 Å². The van der Waals surface area contributed by atoms with E-state index in [-0.39, 0.29) is 0 Å². The number of rotatable bonds is 4. The largest absolute Gasteiger partial charge is 0.366 e. The molecule has 0 saturated carbocycles. The third kappa shape index (κ3) is 3.95. The van der Waals surface area contributed by atoms with Crippen LogP contribution < -0.4 is 10.2 Å². The molecule has 1 heterocycles. The van der Waals surface area contributed by atoms with Crippen LogP contribution in [0.25, 0.3) is 0 Å². The molecule has 0 spiro atoms. The summed E-state index contributed by atoms with van der Waals surface area (Å²) in [6, 6.07) is 10.2. The van der Waals surface area contributed by atoms with Gasteiger partial charge in [0.1, 0.15) is 0 Å². The van der Waals surface area contributed by atoms with Gasteiger partial charge in [0.25, 0.3) is 0 Å². The van der Waals surface area contributed by atoms with Crippen molar-refractivity contribution in [3.8, 4) is 0 Å². The fourth-order valence-electron chi connectivity index (χ4n) is 2.65. The zero-order valence-electron chi connectivity index (χ0n) is 12.7. The van der Waals surface area contributed by atoms with Crippen LogP contribution >= 0.6 is 0 Å². The molecule has 2 rings (SSSR count). The molecule has 1 saturated heterocycles. The van der Waals surface area contributed by atoms with Gasteiger partial charge in [-0.25, -0.2) is 0 Å². The number of hydrogen-bond donors (Lipinski definition) is 1. The van der Waals surface area contributed by atoms with Gasteiger partial charge in [0.05, 0.1) is 0 Å². The van der Waals surface area contributed by atoms with Gasteiger partial charge in [0.2, 0.25) is 0 Å². The maximum absolute atomic E-state index is 3.46. The molecule has 1 aliphatic rings. The lowest BCUT2D eigenvalue weighted by Gasteiger charge is -2.39. The van der Waals surface area contributed by atoms with E-state index in [2.05, 4.69) is 67.2 Å². The fourth-order valence-corrected chi connectivity index (χ4v) is 2.65. The Balaban J connectivity index is 1.98. The first-order valence-electron chi connectivity index (χ1n) is 7.34. The normalized spacial score (nSPS) is 21.1. The summed E-state index contributed by atoms with van der Waals surface area (Å²) >= 11 is 0. The van der Waals surface area contributed by atoms with Crippen LogP contribution in [-0.4, -0.2) is 43.7 Å². The topological polar surface area (TPSA) is 18.5 Å². The molecule has 0 aromatic heterocycles. The first-order valence-corrected chi connectivity index (χ1v) is 7.34. The summed E-state index contributed by atoms with van der Waals surface area (Å²) in [4.78, 5) is 4.92. The standard InChI is InChI=1S/C16H27N3/c1-13(2)17-11-15-5-7-16(8-6-15)19-10-9-18(4)12-14(19)3/h5-8,13-14,17H,9-12H2,1-4H3. The molecular weight excluding hydrogens is 234 g/mol. The number of nitrogens with zero attached hydrogens (tertiary/aromatic N) is 2. The molecule has 1 fully saturated rings. The first-order chi connectivity index (χ1) is 9.06. The van der Waals surface area contributed by atoms with Crippen molar-refractivity contribution in [2.24, 2.45) is 0 Å². The first kappa shape index (κ1) is 14.4. The quantitative estimate of drug-likeness (QED) is 0.897. The lowest BCUT2D eigenvalue weighted by molar-refractivity contribution is 0.275. The smallest absolute Gasteiger partial charge is 0.0389 e. The summed E-state index contributed by atoms with van der Waals surface area (Å²) in [6.07, 6.45) is 0. The van der Waals surface area contributed by atoms with Crippen molar-refractivity contribution in [3.05, 3.63) is 29.8 Å². The lowest BCUT2D eigenvalue weighted by atomic mass is 10.1. The van der Waals surface area contributed by atoms with Crippen molar-refractivity contribution in [3.63, 3.8) is 0 Å². The molecule has 1 atom stereocenters. The molecule has 1 aromatic carbocycles. The van der Waals surface area contributed by atoms with Crippen LogP contribution in [0.3, 0.4) is 0 Å².